The van der Waals surface area contributed by atoms with Gasteiger partial charge < -0.3 is 4.74 Å². The molecule has 4 nitrogen and oxygen atoms in total. The molecule has 1 aromatic heterocycles. The summed E-state index contributed by atoms with van der Waals surface area (Å²) in [6.45, 7) is 3.43. The third-order valence-electron chi connectivity index (χ3n) is 2.92. The minimum atomic E-state index is -4.42. The molecule has 1 rings (SSSR count). The Hall–Kier alpha value is -0.500. The summed E-state index contributed by atoms with van der Waals surface area (Å²) in [6.07, 6.45) is 0.786. The van der Waals surface area contributed by atoms with Crippen LogP contribution in [0.3, 0.4) is 0 Å². The predicted molar refractivity (Wildman–Crippen MR) is 75.6 cm³/mol. The van der Waals surface area contributed by atoms with E-state index >= 15 is 0 Å². The summed E-state index contributed by atoms with van der Waals surface area (Å²) in [4.78, 5) is 3.11. The number of ether oxygens (including phenoxy) is 1. The molecule has 1 aromatic rings. The number of hydrogen-bond acceptors (Lipinski definition) is 5. The average molecular weight is 309 g/mol. The lowest BCUT2D eigenvalue weighted by Gasteiger charge is -2.28. The van der Waals surface area contributed by atoms with E-state index in [9.17, 15) is 12.3 Å². The lowest BCUT2D eigenvalue weighted by molar-refractivity contribution is 0.138. The van der Waals surface area contributed by atoms with Gasteiger partial charge in [-0.3, -0.25) is 4.90 Å². The second kappa shape index (κ2) is 7.94. The Morgan fingerprint density at radius 3 is 2.79 bits per heavy atom. The lowest BCUT2D eigenvalue weighted by atomic mass is 10.2. The minimum absolute atomic E-state index is 0.142. The van der Waals surface area contributed by atoms with Crippen molar-refractivity contribution in [2.45, 2.75) is 25.9 Å². The van der Waals surface area contributed by atoms with Gasteiger partial charge in [0.2, 0.25) is 0 Å². The molecule has 0 fully saturated rings. The summed E-state index contributed by atoms with van der Waals surface area (Å²) in [5.74, 6) is -0.463. The number of nitrogens with zero attached hydrogens (tertiary/aromatic N) is 1. The van der Waals surface area contributed by atoms with Gasteiger partial charge in [0.1, 0.15) is 0 Å². The van der Waals surface area contributed by atoms with E-state index in [4.69, 9.17) is 4.74 Å². The molecule has 0 aliphatic carbocycles. The number of rotatable bonds is 9. The van der Waals surface area contributed by atoms with Gasteiger partial charge >= 0.3 is 10.2 Å². The number of halogens is 1. The normalized spacial score (nSPS) is 13.9. The van der Waals surface area contributed by atoms with Crippen LogP contribution in [0.15, 0.2) is 17.5 Å². The lowest BCUT2D eigenvalue weighted by Crippen LogP contribution is -2.36. The maximum Gasteiger partial charge on any atom is 0.303 e. The molecule has 0 amide bonds. The van der Waals surface area contributed by atoms with E-state index in [-0.39, 0.29) is 12.6 Å². The predicted octanol–water partition coefficient (Wildman–Crippen LogP) is 2.27. The van der Waals surface area contributed by atoms with Crippen molar-refractivity contribution >= 4 is 21.6 Å². The first-order valence-corrected chi connectivity index (χ1v) is 8.53. The minimum Gasteiger partial charge on any atom is -0.385 e. The topological polar surface area (TPSA) is 46.6 Å². The largest absolute Gasteiger partial charge is 0.385 e. The van der Waals surface area contributed by atoms with Crippen LogP contribution in [0, 0.1) is 0 Å². The zero-order chi connectivity index (χ0) is 14.3. The van der Waals surface area contributed by atoms with Crippen molar-refractivity contribution in [3.05, 3.63) is 22.4 Å². The fourth-order valence-corrected chi connectivity index (χ4v) is 2.94. The zero-order valence-electron chi connectivity index (χ0n) is 11.2. The maximum atomic E-state index is 12.7. The van der Waals surface area contributed by atoms with Crippen LogP contribution < -0.4 is 0 Å². The van der Waals surface area contributed by atoms with Crippen LogP contribution in [-0.2, 0) is 21.5 Å². The highest BCUT2D eigenvalue weighted by molar-refractivity contribution is 7.86. The quantitative estimate of drug-likeness (QED) is 0.657. The molecule has 1 atom stereocenters. The fraction of sp³-hybridized carbons (Fsp3) is 0.667. The standard InChI is InChI=1S/C12H20FNO3S2/c1-11(5-7-17-2)14(6-9-19(13,15)16)10-12-4-3-8-18-12/h3-4,8,11H,5-7,9-10H2,1-2H3. The summed E-state index contributed by atoms with van der Waals surface area (Å²) in [6, 6.07) is 4.08. The molecule has 0 aliphatic rings. The first-order chi connectivity index (χ1) is 8.92. The Morgan fingerprint density at radius 2 is 2.26 bits per heavy atom. The van der Waals surface area contributed by atoms with Gasteiger partial charge in [-0.1, -0.05) is 6.07 Å². The SMILES string of the molecule is COCCC(C)N(CCS(=O)(=O)F)Cc1cccs1. The Kier molecular flexibility index (Phi) is 6.92. The summed E-state index contributed by atoms with van der Waals surface area (Å²) in [5.41, 5.74) is 0. The molecule has 0 spiro atoms. The summed E-state index contributed by atoms with van der Waals surface area (Å²) in [5, 5.41) is 1.97. The Labute approximate surface area is 118 Å². The molecule has 19 heavy (non-hydrogen) atoms. The molecular formula is C12H20FNO3S2. The Bertz CT molecular complexity index is 448. The Balaban J connectivity index is 2.61. The second-order valence-electron chi connectivity index (χ2n) is 4.42. The van der Waals surface area contributed by atoms with Gasteiger partial charge in [0.15, 0.2) is 0 Å². The smallest absolute Gasteiger partial charge is 0.303 e. The van der Waals surface area contributed by atoms with Gasteiger partial charge in [0.05, 0.1) is 5.75 Å². The van der Waals surface area contributed by atoms with E-state index in [2.05, 4.69) is 0 Å². The van der Waals surface area contributed by atoms with Crippen LogP contribution in [-0.4, -0.2) is 45.4 Å². The zero-order valence-corrected chi connectivity index (χ0v) is 12.8. The number of methoxy groups -OCH3 is 1. The van der Waals surface area contributed by atoms with Gasteiger partial charge in [-0.05, 0) is 24.8 Å². The van der Waals surface area contributed by atoms with Crippen molar-refractivity contribution in [2.24, 2.45) is 0 Å². The highest BCUT2D eigenvalue weighted by Crippen LogP contribution is 2.15. The van der Waals surface area contributed by atoms with Gasteiger partial charge in [0.25, 0.3) is 0 Å². The van der Waals surface area contributed by atoms with Crippen LogP contribution in [0.5, 0.6) is 0 Å². The van der Waals surface area contributed by atoms with E-state index in [1.165, 1.54) is 0 Å². The van der Waals surface area contributed by atoms with Crippen molar-refractivity contribution in [3.8, 4) is 0 Å². The molecule has 1 unspecified atom stereocenters. The van der Waals surface area contributed by atoms with Gasteiger partial charge in [-0.15, -0.1) is 15.2 Å². The van der Waals surface area contributed by atoms with Crippen molar-refractivity contribution in [1.82, 2.24) is 4.90 Å². The first-order valence-electron chi connectivity index (χ1n) is 6.10. The second-order valence-corrected chi connectivity index (χ2v) is 6.94. The molecule has 110 valence electrons. The molecule has 0 saturated carbocycles. The molecule has 0 aromatic carbocycles. The molecule has 7 heteroatoms. The molecule has 0 aliphatic heterocycles. The molecule has 0 saturated heterocycles. The summed E-state index contributed by atoms with van der Waals surface area (Å²) >= 11 is 1.61. The number of thiophene rings is 1. The summed E-state index contributed by atoms with van der Waals surface area (Å²) < 4.78 is 39.0. The molecule has 0 bridgehead atoms. The fourth-order valence-electron chi connectivity index (χ4n) is 1.76. The first kappa shape index (κ1) is 16.6. The third-order valence-corrected chi connectivity index (χ3v) is 4.46. The van der Waals surface area contributed by atoms with E-state index in [1.807, 2.05) is 29.3 Å². The van der Waals surface area contributed by atoms with E-state index in [0.29, 0.717) is 13.2 Å². The van der Waals surface area contributed by atoms with Gasteiger partial charge in [-0.25, -0.2) is 0 Å². The van der Waals surface area contributed by atoms with Crippen molar-refractivity contribution in [3.63, 3.8) is 0 Å². The van der Waals surface area contributed by atoms with Gasteiger partial charge in [-0.2, -0.15) is 8.42 Å². The third kappa shape index (κ3) is 7.00. The highest BCUT2D eigenvalue weighted by Gasteiger charge is 2.18. The van der Waals surface area contributed by atoms with Crippen molar-refractivity contribution in [1.29, 1.82) is 0 Å². The molecule has 1 heterocycles. The van der Waals surface area contributed by atoms with E-state index < -0.39 is 16.0 Å². The van der Waals surface area contributed by atoms with E-state index in [0.717, 1.165) is 11.3 Å². The van der Waals surface area contributed by atoms with Crippen LogP contribution in [0.4, 0.5) is 3.89 Å². The molecular weight excluding hydrogens is 289 g/mol. The van der Waals surface area contributed by atoms with Crippen LogP contribution in [0.2, 0.25) is 0 Å². The van der Waals surface area contributed by atoms with Crippen LogP contribution in [0.25, 0.3) is 0 Å². The average Bonchev–Trinajstić information content (AvgIpc) is 2.83. The summed E-state index contributed by atoms with van der Waals surface area (Å²) in [7, 11) is -2.79. The Morgan fingerprint density at radius 1 is 1.53 bits per heavy atom. The van der Waals surface area contributed by atoms with Crippen molar-refractivity contribution in [2.75, 3.05) is 26.0 Å². The van der Waals surface area contributed by atoms with Gasteiger partial charge in [0, 0.05) is 37.7 Å². The molecule has 0 radical (unpaired) electrons. The van der Waals surface area contributed by atoms with Crippen LogP contribution >= 0.6 is 11.3 Å². The molecule has 0 N–H and O–H groups in total. The number of hydrogen-bond donors (Lipinski definition) is 0. The van der Waals surface area contributed by atoms with Crippen LogP contribution in [0.1, 0.15) is 18.2 Å². The highest BCUT2D eigenvalue weighted by atomic mass is 32.3. The van der Waals surface area contributed by atoms with E-state index in [1.54, 1.807) is 18.4 Å². The monoisotopic (exact) mass is 309 g/mol. The maximum absolute atomic E-state index is 12.7. The van der Waals surface area contributed by atoms with Crippen molar-refractivity contribution < 1.29 is 17.0 Å².